The number of hydrogen-bond donors (Lipinski definition) is 10. The van der Waals surface area contributed by atoms with Crippen molar-refractivity contribution in [3.8, 4) is 0 Å². The third kappa shape index (κ3) is 7.85. The highest BCUT2D eigenvalue weighted by molar-refractivity contribution is 5.79. The molecule has 7 fully saturated rings. The molecule has 0 aromatic carbocycles. The predicted molar refractivity (Wildman–Crippen MR) is 228 cm³/mol. The number of allylic oxidation sites excluding steroid dienone is 2. The summed E-state index contributed by atoms with van der Waals surface area (Å²) in [6.07, 6.45) is -14.1. The molecule has 8 aliphatic rings. The first kappa shape index (κ1) is 51.9. The number of carbonyl (C=O) groups is 5. The molecule has 3 heterocycles. The highest BCUT2D eigenvalue weighted by Gasteiger charge is 2.72. The Balaban J connectivity index is 1.07. The van der Waals surface area contributed by atoms with Gasteiger partial charge in [0.1, 0.15) is 49.3 Å². The van der Waals surface area contributed by atoms with E-state index in [2.05, 4.69) is 40.7 Å². The van der Waals surface area contributed by atoms with E-state index >= 15 is 0 Å². The summed E-state index contributed by atoms with van der Waals surface area (Å²) in [5.74, 6) is -11.5. The fraction of sp³-hybridized carbons (Fsp3) is 0.851. The van der Waals surface area contributed by atoms with E-state index in [9.17, 15) is 69.9 Å². The summed E-state index contributed by atoms with van der Waals surface area (Å²) in [6.45, 7) is 10.7. The van der Waals surface area contributed by atoms with Crippen molar-refractivity contribution in [2.24, 2.45) is 50.2 Å². The molecule has 21 unspecified atom stereocenters. The number of carboxylic acid groups (broad SMARTS) is 4. The molecule has 22 nitrogen and oxygen atoms in total. The van der Waals surface area contributed by atoms with Crippen molar-refractivity contribution in [1.82, 2.24) is 0 Å². The van der Waals surface area contributed by atoms with Crippen molar-refractivity contribution in [1.29, 1.82) is 0 Å². The smallest absolute Gasteiger partial charge is 0.369 e. The van der Waals surface area contributed by atoms with Crippen molar-refractivity contribution < 1.29 is 108 Å². The van der Waals surface area contributed by atoms with Gasteiger partial charge in [-0.05, 0) is 111 Å². The molecule has 8 rings (SSSR count). The number of aliphatic carboxylic acids is 4. The highest BCUT2D eigenvalue weighted by atomic mass is 16.8. The van der Waals surface area contributed by atoms with Gasteiger partial charge in [0.2, 0.25) is 12.6 Å². The van der Waals surface area contributed by atoms with Crippen molar-refractivity contribution in [2.75, 3.05) is 13.2 Å². The molecular formula is C47H68O22. The quantitative estimate of drug-likeness (QED) is 0.0775. The molecule has 388 valence electrons. The van der Waals surface area contributed by atoms with Gasteiger partial charge in [0, 0.05) is 0 Å². The zero-order valence-corrected chi connectivity index (χ0v) is 39.6. The predicted octanol–water partition coefficient (Wildman–Crippen LogP) is 0.736. The highest BCUT2D eigenvalue weighted by Crippen LogP contribution is 2.76. The van der Waals surface area contributed by atoms with E-state index in [4.69, 9.17) is 38.3 Å². The van der Waals surface area contributed by atoms with Crippen LogP contribution in [0.4, 0.5) is 0 Å². The van der Waals surface area contributed by atoms with Crippen LogP contribution in [0.15, 0.2) is 11.6 Å². The Bertz CT molecular complexity index is 2100. The van der Waals surface area contributed by atoms with Gasteiger partial charge >= 0.3 is 35.6 Å². The summed E-state index contributed by atoms with van der Waals surface area (Å²) >= 11 is 0. The van der Waals surface area contributed by atoms with Gasteiger partial charge in [-0.1, -0.05) is 46.3 Å². The van der Waals surface area contributed by atoms with Crippen molar-refractivity contribution in [2.45, 2.75) is 185 Å². The summed E-state index contributed by atoms with van der Waals surface area (Å²) in [5, 5.41) is 104. The lowest BCUT2D eigenvalue weighted by Crippen LogP contribution is -2.72. The molecule has 0 radical (unpaired) electrons. The number of carbonyl (C=O) groups excluding carboxylic acids is 1. The second kappa shape index (κ2) is 17.7. The molecule has 0 spiro atoms. The van der Waals surface area contributed by atoms with Crippen molar-refractivity contribution >= 4 is 29.8 Å². The Labute approximate surface area is 397 Å². The Morgan fingerprint density at radius 2 is 1.42 bits per heavy atom. The van der Waals surface area contributed by atoms with Gasteiger partial charge in [-0.3, -0.25) is 9.59 Å². The van der Waals surface area contributed by atoms with E-state index in [0.717, 1.165) is 5.57 Å². The number of ether oxygens (including phenoxy) is 7. The van der Waals surface area contributed by atoms with E-state index in [0.29, 0.717) is 57.8 Å². The average Bonchev–Trinajstić information content (AvgIpc) is 3.27. The van der Waals surface area contributed by atoms with E-state index in [1.54, 1.807) is 6.92 Å². The normalized spacial score (nSPS) is 50.1. The maximum Gasteiger partial charge on any atom is 0.369 e. The zero-order valence-electron chi connectivity index (χ0n) is 39.6. The van der Waals surface area contributed by atoms with Gasteiger partial charge in [-0.25, -0.2) is 14.4 Å². The molecule has 0 bridgehead atoms. The second-order valence-corrected chi connectivity index (χ2v) is 22.7. The van der Waals surface area contributed by atoms with Crippen LogP contribution in [0.2, 0.25) is 0 Å². The van der Waals surface area contributed by atoms with Crippen molar-refractivity contribution in [3.05, 3.63) is 11.6 Å². The van der Waals surface area contributed by atoms with Crippen LogP contribution in [0.5, 0.6) is 0 Å². The first-order valence-corrected chi connectivity index (χ1v) is 23.9. The number of esters is 1. The third-order valence-corrected chi connectivity index (χ3v) is 18.8. The third-order valence-electron chi connectivity index (χ3n) is 18.8. The van der Waals surface area contributed by atoms with Crippen LogP contribution >= 0.6 is 0 Å². The number of aliphatic hydroxyl groups excluding tert-OH is 5. The standard InChI is InChI=1S/C47H68O22/c1-41(2)13-15-46(39(61)68-35-29(53)28(52)27(51)22(18-48)64-35)16-14-43(4)20(21(46)17-41)7-8-23-42(3)11-10-25(45(6,37(57)58)24(42)9-12-44(23,43)5)65-36-30(54)31-32(33(66-36)34(55)56)69-47(62,38(59)60)40(67-31)63-19-26(49)50/h7,21-25,27-33,35-36,40,48,51-54,62H,8-19H2,1-6H3,(H,49,50)(H,55,56)(H,57,58)(H,59,60). The number of fused-ring (bicyclic) bond motifs is 8. The van der Waals surface area contributed by atoms with Crippen LogP contribution in [0.1, 0.15) is 106 Å². The molecule has 0 aromatic heterocycles. The number of rotatable bonds is 11. The maximum atomic E-state index is 14.7. The second-order valence-electron chi connectivity index (χ2n) is 22.7. The average molecular weight is 985 g/mol. The topological polar surface area (TPSA) is 352 Å². The van der Waals surface area contributed by atoms with Crippen LogP contribution in [0, 0.1) is 50.2 Å². The molecule has 21 atom stereocenters. The van der Waals surface area contributed by atoms with Crippen LogP contribution in [0.3, 0.4) is 0 Å². The summed E-state index contributed by atoms with van der Waals surface area (Å²) in [5.41, 5.74) is -3.18. The minimum atomic E-state index is -3.42. The van der Waals surface area contributed by atoms with Crippen molar-refractivity contribution in [3.63, 3.8) is 0 Å². The van der Waals surface area contributed by atoms with Crippen LogP contribution in [0.25, 0.3) is 0 Å². The fourth-order valence-electron chi connectivity index (χ4n) is 14.7. The van der Waals surface area contributed by atoms with E-state index in [1.165, 1.54) is 0 Å². The Kier molecular flexibility index (Phi) is 13.3. The van der Waals surface area contributed by atoms with Gasteiger partial charge < -0.3 is 84.2 Å². The summed E-state index contributed by atoms with van der Waals surface area (Å²) < 4.78 is 39.4. The number of carboxylic acids is 4. The lowest BCUT2D eigenvalue weighted by molar-refractivity contribution is -0.435. The molecule has 5 aliphatic carbocycles. The van der Waals surface area contributed by atoms with E-state index in [1.807, 2.05) is 0 Å². The van der Waals surface area contributed by atoms with Gasteiger partial charge in [-0.2, -0.15) is 0 Å². The van der Waals surface area contributed by atoms with Crippen LogP contribution < -0.4 is 0 Å². The van der Waals surface area contributed by atoms with E-state index < -0.39 is 156 Å². The zero-order chi connectivity index (χ0) is 50.8. The molecule has 22 heteroatoms. The van der Waals surface area contributed by atoms with Gasteiger partial charge in [-0.15, -0.1) is 0 Å². The van der Waals surface area contributed by atoms with Gasteiger partial charge in [0.15, 0.2) is 12.4 Å². The summed E-state index contributed by atoms with van der Waals surface area (Å²) in [4.78, 5) is 64.5. The monoisotopic (exact) mass is 984 g/mol. The summed E-state index contributed by atoms with van der Waals surface area (Å²) in [7, 11) is 0. The Morgan fingerprint density at radius 3 is 2.04 bits per heavy atom. The van der Waals surface area contributed by atoms with E-state index in [-0.39, 0.29) is 23.7 Å². The van der Waals surface area contributed by atoms with Crippen LogP contribution in [-0.4, -0.2) is 174 Å². The SMILES string of the molecule is CC1(C)CCC2(C(=O)OC3OC(CO)C(O)C(O)C3O)CCC3(C)C(=CCC4C5(C)CCC(OC6OC(C(=O)O)C7OC(O)(C(=O)O)C(OCC(=O)O)OC7C6O)C(C)(C(=O)O)C5CCC43C)C2C1. The molecule has 3 saturated heterocycles. The molecular weight excluding hydrogens is 916 g/mol. The minimum Gasteiger partial charge on any atom is -0.481 e. The Hall–Kier alpha value is -3.39. The summed E-state index contributed by atoms with van der Waals surface area (Å²) in [6, 6.07) is 0. The molecule has 0 aromatic rings. The largest absolute Gasteiger partial charge is 0.481 e. The fourth-order valence-corrected chi connectivity index (χ4v) is 14.7. The first-order chi connectivity index (χ1) is 32.1. The maximum absolute atomic E-state index is 14.7. The lowest BCUT2D eigenvalue weighted by Gasteiger charge is -2.71. The molecule has 3 aliphatic heterocycles. The molecule has 4 saturated carbocycles. The van der Waals surface area contributed by atoms with Crippen LogP contribution in [-0.2, 0) is 57.1 Å². The lowest BCUT2D eigenvalue weighted by atomic mass is 9.33. The molecule has 69 heavy (non-hydrogen) atoms. The minimum absolute atomic E-state index is 0.0699. The molecule has 10 N–H and O–H groups in total. The van der Waals surface area contributed by atoms with Gasteiger partial charge in [0.05, 0.1) is 23.5 Å². The first-order valence-electron chi connectivity index (χ1n) is 23.9. The Morgan fingerprint density at radius 1 is 0.739 bits per heavy atom. The number of aliphatic hydroxyl groups is 6. The van der Waals surface area contributed by atoms with Gasteiger partial charge in [0.25, 0.3) is 0 Å². The number of hydrogen-bond acceptors (Lipinski definition) is 18. The molecule has 0 amide bonds.